The van der Waals surface area contributed by atoms with Crippen molar-refractivity contribution in [2.45, 2.75) is 0 Å². The predicted octanol–water partition coefficient (Wildman–Crippen LogP) is 11.4. The summed E-state index contributed by atoms with van der Waals surface area (Å²) in [7, 11) is 0. The molecule has 0 aromatic heterocycles. The van der Waals surface area contributed by atoms with Crippen molar-refractivity contribution in [1.82, 2.24) is 0 Å². The second-order valence-corrected chi connectivity index (χ2v) is 10.8. The van der Waals surface area contributed by atoms with Crippen molar-refractivity contribution in [3.8, 4) is 22.3 Å². The molecule has 41 heavy (non-hydrogen) atoms. The highest BCUT2D eigenvalue weighted by Crippen LogP contribution is 2.33. The zero-order valence-corrected chi connectivity index (χ0v) is 22.5. The summed E-state index contributed by atoms with van der Waals surface area (Å²) in [6.45, 7) is 0. The highest BCUT2D eigenvalue weighted by molar-refractivity contribution is 6.00. The first-order valence-corrected chi connectivity index (χ1v) is 14.1. The third-order valence-electron chi connectivity index (χ3n) is 8.15. The SMILES string of the molecule is c1ccc2cc(-c3ccc4cc(Nc5ccc6cc(-c7cccc8ccccc78)ccc6c5)ccc4c3)ccc2c1. The van der Waals surface area contributed by atoms with Crippen molar-refractivity contribution in [2.75, 3.05) is 5.32 Å². The van der Waals surface area contributed by atoms with Gasteiger partial charge >= 0.3 is 0 Å². The molecule has 1 heteroatoms. The molecule has 192 valence electrons. The molecular formula is C40H27N. The minimum absolute atomic E-state index is 1.09. The van der Waals surface area contributed by atoms with Crippen LogP contribution in [-0.4, -0.2) is 0 Å². The topological polar surface area (TPSA) is 12.0 Å². The van der Waals surface area contributed by atoms with E-state index in [1.807, 2.05) is 0 Å². The van der Waals surface area contributed by atoms with Crippen LogP contribution in [0.5, 0.6) is 0 Å². The summed E-state index contributed by atoms with van der Waals surface area (Å²) in [6, 6.07) is 57.0. The molecule has 1 nitrogen and oxygen atoms in total. The van der Waals surface area contributed by atoms with Gasteiger partial charge in [0.15, 0.2) is 0 Å². The van der Waals surface area contributed by atoms with E-state index < -0.39 is 0 Å². The molecule has 0 saturated carbocycles. The van der Waals surface area contributed by atoms with E-state index in [1.165, 1.54) is 65.3 Å². The lowest BCUT2D eigenvalue weighted by Gasteiger charge is -2.12. The molecule has 0 amide bonds. The molecule has 0 unspecified atom stereocenters. The number of rotatable bonds is 4. The molecule has 8 rings (SSSR count). The van der Waals surface area contributed by atoms with Crippen LogP contribution in [-0.2, 0) is 0 Å². The van der Waals surface area contributed by atoms with Gasteiger partial charge in [-0.15, -0.1) is 0 Å². The van der Waals surface area contributed by atoms with Crippen molar-refractivity contribution < 1.29 is 0 Å². The molecule has 0 saturated heterocycles. The molecule has 0 radical (unpaired) electrons. The molecule has 0 aliphatic rings. The van der Waals surface area contributed by atoms with Crippen LogP contribution in [0, 0.1) is 0 Å². The molecule has 8 aromatic rings. The lowest BCUT2D eigenvalue weighted by Crippen LogP contribution is -1.91. The van der Waals surface area contributed by atoms with E-state index in [1.54, 1.807) is 0 Å². The fourth-order valence-corrected chi connectivity index (χ4v) is 6.01. The maximum absolute atomic E-state index is 3.63. The fourth-order valence-electron chi connectivity index (χ4n) is 6.01. The molecule has 0 atom stereocenters. The summed E-state index contributed by atoms with van der Waals surface area (Å²) in [5.74, 6) is 0. The van der Waals surface area contributed by atoms with E-state index in [0.717, 1.165) is 11.4 Å². The largest absolute Gasteiger partial charge is 0.355 e. The van der Waals surface area contributed by atoms with Crippen LogP contribution in [0.2, 0.25) is 0 Å². The summed E-state index contributed by atoms with van der Waals surface area (Å²) >= 11 is 0. The Morgan fingerprint density at radius 1 is 0.293 bits per heavy atom. The van der Waals surface area contributed by atoms with Gasteiger partial charge in [-0.05, 0) is 108 Å². The molecule has 0 heterocycles. The molecular weight excluding hydrogens is 494 g/mol. The average Bonchev–Trinajstić information content (AvgIpc) is 3.04. The van der Waals surface area contributed by atoms with Gasteiger partial charge in [0.1, 0.15) is 0 Å². The Kier molecular flexibility index (Phi) is 5.53. The monoisotopic (exact) mass is 521 g/mol. The highest BCUT2D eigenvalue weighted by atomic mass is 14.9. The predicted molar refractivity (Wildman–Crippen MR) is 177 cm³/mol. The van der Waals surface area contributed by atoms with Crippen LogP contribution < -0.4 is 5.32 Å². The molecule has 0 aliphatic heterocycles. The Bertz CT molecular complexity index is 2240. The molecule has 1 N–H and O–H groups in total. The van der Waals surface area contributed by atoms with Gasteiger partial charge in [0.2, 0.25) is 0 Å². The Morgan fingerprint density at radius 2 is 0.756 bits per heavy atom. The number of nitrogens with one attached hydrogen (secondary N) is 1. The van der Waals surface area contributed by atoms with Crippen LogP contribution >= 0.6 is 0 Å². The number of hydrogen-bond donors (Lipinski definition) is 1. The number of fused-ring (bicyclic) bond motifs is 4. The minimum atomic E-state index is 1.09. The smallest absolute Gasteiger partial charge is 0.0390 e. The van der Waals surface area contributed by atoms with Crippen LogP contribution in [0.3, 0.4) is 0 Å². The van der Waals surface area contributed by atoms with Gasteiger partial charge in [0.05, 0.1) is 0 Å². The molecule has 8 aromatic carbocycles. The lowest BCUT2D eigenvalue weighted by molar-refractivity contribution is 1.58. The number of hydrogen-bond acceptors (Lipinski definition) is 1. The van der Waals surface area contributed by atoms with Crippen molar-refractivity contribution >= 4 is 54.5 Å². The van der Waals surface area contributed by atoms with Gasteiger partial charge in [-0.2, -0.15) is 0 Å². The van der Waals surface area contributed by atoms with Crippen LogP contribution in [0.4, 0.5) is 11.4 Å². The summed E-state index contributed by atoms with van der Waals surface area (Å²) < 4.78 is 0. The van der Waals surface area contributed by atoms with Crippen molar-refractivity contribution in [3.63, 3.8) is 0 Å². The Morgan fingerprint density at radius 3 is 1.46 bits per heavy atom. The van der Waals surface area contributed by atoms with Gasteiger partial charge in [-0.25, -0.2) is 0 Å². The first kappa shape index (κ1) is 23.5. The van der Waals surface area contributed by atoms with E-state index in [0.29, 0.717) is 0 Å². The summed E-state index contributed by atoms with van der Waals surface area (Å²) in [5, 5.41) is 13.6. The Hall–Kier alpha value is -5.40. The lowest BCUT2D eigenvalue weighted by atomic mass is 9.96. The zero-order chi connectivity index (χ0) is 27.2. The first-order chi connectivity index (χ1) is 20.3. The van der Waals surface area contributed by atoms with Gasteiger partial charge in [0.25, 0.3) is 0 Å². The summed E-state index contributed by atoms with van der Waals surface area (Å²) in [6.07, 6.45) is 0. The zero-order valence-electron chi connectivity index (χ0n) is 22.5. The Labute approximate surface area is 239 Å². The standard InChI is InChI=1S/C40H27N/c1-2-8-29-22-30(13-12-27(29)6-1)31-14-15-34-25-37(20-18-32(34)23-31)41-38-21-19-33-24-36(17-16-35(33)26-38)40-11-5-9-28-7-3-4-10-39(28)40/h1-26,41H. The van der Waals surface area contributed by atoms with Gasteiger partial charge in [-0.1, -0.05) is 115 Å². The van der Waals surface area contributed by atoms with Crippen LogP contribution in [0.1, 0.15) is 0 Å². The summed E-state index contributed by atoms with van der Waals surface area (Å²) in [4.78, 5) is 0. The molecule has 0 aliphatic carbocycles. The quantitative estimate of drug-likeness (QED) is 0.243. The maximum atomic E-state index is 3.63. The van der Waals surface area contributed by atoms with Gasteiger partial charge in [-0.3, -0.25) is 0 Å². The summed E-state index contributed by atoms with van der Waals surface area (Å²) in [5.41, 5.74) is 7.17. The van der Waals surface area contributed by atoms with Gasteiger partial charge < -0.3 is 5.32 Å². The van der Waals surface area contributed by atoms with E-state index in [-0.39, 0.29) is 0 Å². The number of benzene rings is 8. The van der Waals surface area contributed by atoms with Crippen LogP contribution in [0.15, 0.2) is 158 Å². The highest BCUT2D eigenvalue weighted by Gasteiger charge is 2.07. The molecule has 0 spiro atoms. The second kappa shape index (κ2) is 9.66. The van der Waals surface area contributed by atoms with Crippen molar-refractivity contribution in [1.29, 1.82) is 0 Å². The van der Waals surface area contributed by atoms with Gasteiger partial charge in [0, 0.05) is 11.4 Å². The normalized spacial score (nSPS) is 11.4. The maximum Gasteiger partial charge on any atom is 0.0390 e. The van der Waals surface area contributed by atoms with E-state index in [4.69, 9.17) is 0 Å². The molecule has 0 bridgehead atoms. The Balaban J connectivity index is 1.07. The van der Waals surface area contributed by atoms with Crippen molar-refractivity contribution in [3.05, 3.63) is 158 Å². The minimum Gasteiger partial charge on any atom is -0.355 e. The fraction of sp³-hybridized carbons (Fsp3) is 0. The average molecular weight is 522 g/mol. The van der Waals surface area contributed by atoms with E-state index in [2.05, 4.69) is 163 Å². The second-order valence-electron chi connectivity index (χ2n) is 10.8. The number of anilines is 2. The molecule has 0 fully saturated rings. The van der Waals surface area contributed by atoms with Crippen molar-refractivity contribution in [2.24, 2.45) is 0 Å². The third-order valence-corrected chi connectivity index (χ3v) is 8.15. The third kappa shape index (κ3) is 4.38. The van der Waals surface area contributed by atoms with Crippen LogP contribution in [0.25, 0.3) is 65.3 Å². The van der Waals surface area contributed by atoms with E-state index >= 15 is 0 Å². The first-order valence-electron chi connectivity index (χ1n) is 14.1. The van der Waals surface area contributed by atoms with E-state index in [9.17, 15) is 0 Å².